The van der Waals surface area contributed by atoms with Gasteiger partial charge in [0.25, 0.3) is 11.8 Å². The zero-order valence-corrected chi connectivity index (χ0v) is 17.0. The molecule has 7 nitrogen and oxygen atoms in total. The van der Waals surface area contributed by atoms with Gasteiger partial charge in [-0.2, -0.15) is 0 Å². The van der Waals surface area contributed by atoms with E-state index in [1.165, 1.54) is 12.1 Å². The number of amides is 2. The first-order valence-corrected chi connectivity index (χ1v) is 9.86. The van der Waals surface area contributed by atoms with E-state index >= 15 is 0 Å². The zero-order chi connectivity index (χ0) is 21.3. The highest BCUT2D eigenvalue weighted by Gasteiger charge is 2.21. The summed E-state index contributed by atoms with van der Waals surface area (Å²) in [6, 6.07) is 13.0. The van der Waals surface area contributed by atoms with Crippen LogP contribution in [0.15, 0.2) is 48.5 Å². The van der Waals surface area contributed by atoms with Crippen LogP contribution in [0.3, 0.4) is 0 Å². The summed E-state index contributed by atoms with van der Waals surface area (Å²) in [5.74, 6) is 0.0182. The third-order valence-corrected chi connectivity index (χ3v) is 4.98. The number of piperazine rings is 1. The summed E-state index contributed by atoms with van der Waals surface area (Å²) >= 11 is 0. The molecule has 1 aliphatic rings. The number of para-hydroxylation sites is 1. The summed E-state index contributed by atoms with van der Waals surface area (Å²) in [6.45, 7) is 3.62. The lowest BCUT2D eigenvalue weighted by molar-refractivity contribution is -0.135. The van der Waals surface area contributed by atoms with Crippen molar-refractivity contribution in [1.29, 1.82) is 0 Å². The van der Waals surface area contributed by atoms with Crippen LogP contribution in [0.4, 0.5) is 4.39 Å². The number of halogens is 1. The van der Waals surface area contributed by atoms with Gasteiger partial charge in [0.05, 0.1) is 7.11 Å². The Morgan fingerprint density at radius 2 is 1.73 bits per heavy atom. The average Bonchev–Trinajstić information content (AvgIpc) is 2.78. The lowest BCUT2D eigenvalue weighted by Crippen LogP contribution is -2.51. The van der Waals surface area contributed by atoms with Crippen molar-refractivity contribution >= 4 is 11.8 Å². The van der Waals surface area contributed by atoms with Crippen molar-refractivity contribution < 1.29 is 23.5 Å². The topological polar surface area (TPSA) is 71.1 Å². The Kier molecular flexibility index (Phi) is 7.62. The molecule has 2 amide bonds. The first-order chi connectivity index (χ1) is 14.6. The van der Waals surface area contributed by atoms with Crippen molar-refractivity contribution in [2.24, 2.45) is 0 Å². The minimum absolute atomic E-state index is 0.0806. The van der Waals surface area contributed by atoms with Crippen LogP contribution >= 0.6 is 0 Å². The van der Waals surface area contributed by atoms with Crippen LogP contribution in [0.2, 0.25) is 0 Å². The van der Waals surface area contributed by atoms with Gasteiger partial charge in [0.15, 0.2) is 18.2 Å². The van der Waals surface area contributed by atoms with Gasteiger partial charge < -0.3 is 19.7 Å². The molecule has 0 unspecified atom stereocenters. The highest BCUT2D eigenvalue weighted by Crippen LogP contribution is 2.15. The molecule has 1 N–H and O–H groups in total. The largest absolute Gasteiger partial charge is 0.497 e. The fourth-order valence-corrected chi connectivity index (χ4v) is 3.19. The monoisotopic (exact) mass is 415 g/mol. The second-order valence-electron chi connectivity index (χ2n) is 6.93. The standard InChI is InChI=1S/C22H26FN3O4/c1-29-18-8-6-17(7-9-18)22(28)24-10-11-25-12-14-26(15-13-25)21(27)16-30-20-5-3-2-4-19(20)23/h2-9H,10-16H2,1H3,(H,24,28). The van der Waals surface area contributed by atoms with Crippen LogP contribution < -0.4 is 14.8 Å². The van der Waals surface area contributed by atoms with Crippen LogP contribution in [-0.2, 0) is 4.79 Å². The molecular weight excluding hydrogens is 389 g/mol. The molecule has 0 bridgehead atoms. The van der Waals surface area contributed by atoms with Gasteiger partial charge >= 0.3 is 0 Å². The highest BCUT2D eigenvalue weighted by atomic mass is 19.1. The maximum absolute atomic E-state index is 13.6. The Balaban J connectivity index is 1.34. The number of carbonyl (C=O) groups excluding carboxylic acids is 2. The van der Waals surface area contributed by atoms with Gasteiger partial charge in [-0.25, -0.2) is 4.39 Å². The van der Waals surface area contributed by atoms with Gasteiger partial charge in [-0.3, -0.25) is 14.5 Å². The third kappa shape index (κ3) is 5.93. The molecular formula is C22H26FN3O4. The summed E-state index contributed by atoms with van der Waals surface area (Å²) in [4.78, 5) is 28.4. The van der Waals surface area contributed by atoms with E-state index in [2.05, 4.69) is 10.2 Å². The SMILES string of the molecule is COc1ccc(C(=O)NCCN2CCN(C(=O)COc3ccccc3F)CC2)cc1. The van der Waals surface area contributed by atoms with Crippen LogP contribution in [0, 0.1) is 5.82 Å². The summed E-state index contributed by atoms with van der Waals surface area (Å²) in [7, 11) is 1.58. The fourth-order valence-electron chi connectivity index (χ4n) is 3.19. The van der Waals surface area contributed by atoms with Crippen molar-refractivity contribution in [3.63, 3.8) is 0 Å². The molecule has 2 aromatic rings. The van der Waals surface area contributed by atoms with E-state index in [0.29, 0.717) is 50.6 Å². The van der Waals surface area contributed by atoms with Gasteiger partial charge in [-0.1, -0.05) is 12.1 Å². The Labute approximate surface area is 175 Å². The van der Waals surface area contributed by atoms with Crippen LogP contribution in [-0.4, -0.2) is 74.6 Å². The minimum Gasteiger partial charge on any atom is -0.497 e. The molecule has 0 atom stereocenters. The predicted octanol–water partition coefficient (Wildman–Crippen LogP) is 1.79. The first kappa shape index (κ1) is 21.6. The van der Waals surface area contributed by atoms with Crippen molar-refractivity contribution in [2.75, 3.05) is 53.0 Å². The molecule has 1 fully saturated rings. The van der Waals surface area contributed by atoms with Gasteiger partial charge in [0.2, 0.25) is 0 Å². The van der Waals surface area contributed by atoms with E-state index in [9.17, 15) is 14.0 Å². The van der Waals surface area contributed by atoms with Crippen molar-refractivity contribution in [3.8, 4) is 11.5 Å². The molecule has 8 heteroatoms. The van der Waals surface area contributed by atoms with Crippen LogP contribution in [0.5, 0.6) is 11.5 Å². The van der Waals surface area contributed by atoms with E-state index in [1.807, 2.05) is 0 Å². The number of benzene rings is 2. The summed E-state index contributed by atoms with van der Waals surface area (Å²) in [6.07, 6.45) is 0. The second-order valence-corrected chi connectivity index (χ2v) is 6.93. The molecule has 3 rings (SSSR count). The lowest BCUT2D eigenvalue weighted by atomic mass is 10.2. The van der Waals surface area contributed by atoms with E-state index in [4.69, 9.17) is 9.47 Å². The summed E-state index contributed by atoms with van der Waals surface area (Å²) < 4.78 is 23.9. The molecule has 0 spiro atoms. The van der Waals surface area contributed by atoms with Gasteiger partial charge in [-0.05, 0) is 36.4 Å². The first-order valence-electron chi connectivity index (χ1n) is 9.86. The molecule has 0 aromatic heterocycles. The normalized spacial score (nSPS) is 14.3. The summed E-state index contributed by atoms with van der Waals surface area (Å²) in [5.41, 5.74) is 0.584. The predicted molar refractivity (Wildman–Crippen MR) is 110 cm³/mol. The maximum Gasteiger partial charge on any atom is 0.260 e. The fraction of sp³-hybridized carbons (Fsp3) is 0.364. The molecule has 160 valence electrons. The number of hydrogen-bond acceptors (Lipinski definition) is 5. The van der Waals surface area contributed by atoms with E-state index in [-0.39, 0.29) is 24.2 Å². The molecule has 30 heavy (non-hydrogen) atoms. The number of nitrogens with zero attached hydrogens (tertiary/aromatic N) is 2. The van der Waals surface area contributed by atoms with Crippen LogP contribution in [0.25, 0.3) is 0 Å². The number of carbonyl (C=O) groups is 2. The second kappa shape index (κ2) is 10.6. The Morgan fingerprint density at radius 3 is 2.40 bits per heavy atom. The van der Waals surface area contributed by atoms with E-state index in [0.717, 1.165) is 0 Å². The molecule has 0 aliphatic carbocycles. The van der Waals surface area contributed by atoms with Crippen molar-refractivity contribution in [1.82, 2.24) is 15.1 Å². The third-order valence-electron chi connectivity index (χ3n) is 4.98. The van der Waals surface area contributed by atoms with Gasteiger partial charge in [0, 0.05) is 44.8 Å². The van der Waals surface area contributed by atoms with Crippen molar-refractivity contribution in [2.45, 2.75) is 0 Å². The smallest absolute Gasteiger partial charge is 0.260 e. The molecule has 0 radical (unpaired) electrons. The van der Waals surface area contributed by atoms with Gasteiger partial charge in [0.1, 0.15) is 5.75 Å². The molecule has 2 aromatic carbocycles. The molecule has 0 saturated carbocycles. The number of ether oxygens (including phenoxy) is 2. The number of nitrogens with one attached hydrogen (secondary N) is 1. The quantitative estimate of drug-likeness (QED) is 0.712. The van der Waals surface area contributed by atoms with E-state index < -0.39 is 5.82 Å². The molecule has 1 aliphatic heterocycles. The summed E-state index contributed by atoms with van der Waals surface area (Å²) in [5, 5.41) is 2.90. The number of hydrogen-bond donors (Lipinski definition) is 1. The maximum atomic E-state index is 13.6. The highest BCUT2D eigenvalue weighted by molar-refractivity contribution is 5.94. The molecule has 1 saturated heterocycles. The number of rotatable bonds is 8. The Bertz CT molecular complexity index is 852. The lowest BCUT2D eigenvalue weighted by Gasteiger charge is -2.34. The van der Waals surface area contributed by atoms with Crippen LogP contribution in [0.1, 0.15) is 10.4 Å². The molecule has 1 heterocycles. The number of methoxy groups -OCH3 is 1. The van der Waals surface area contributed by atoms with Crippen molar-refractivity contribution in [3.05, 3.63) is 59.9 Å². The Hall–Kier alpha value is -3.13. The zero-order valence-electron chi connectivity index (χ0n) is 17.0. The minimum atomic E-state index is -0.480. The van der Waals surface area contributed by atoms with E-state index in [1.54, 1.807) is 48.4 Å². The average molecular weight is 415 g/mol. The Morgan fingerprint density at radius 1 is 1.03 bits per heavy atom. The van der Waals surface area contributed by atoms with Gasteiger partial charge in [-0.15, -0.1) is 0 Å².